The van der Waals surface area contributed by atoms with Gasteiger partial charge in [-0.05, 0) is 26.3 Å². The summed E-state index contributed by atoms with van der Waals surface area (Å²) in [6.07, 6.45) is 3.03. The summed E-state index contributed by atoms with van der Waals surface area (Å²) in [4.78, 5) is 14.6. The third-order valence-electron chi connectivity index (χ3n) is 3.66. The highest BCUT2D eigenvalue weighted by Gasteiger charge is 2.42. The van der Waals surface area contributed by atoms with Gasteiger partial charge in [0.05, 0.1) is 12.0 Å². The molecule has 1 saturated heterocycles. The number of likely N-dealkylation sites (N-methyl/N-ethyl adjacent to an activating group) is 1. The average molecular weight is 242 g/mol. The first kappa shape index (κ1) is 14.5. The molecule has 0 aromatic carbocycles. The zero-order valence-corrected chi connectivity index (χ0v) is 11.4. The highest BCUT2D eigenvalue weighted by Crippen LogP contribution is 2.33. The lowest BCUT2D eigenvalue weighted by molar-refractivity contribution is -0.142. The molecule has 0 aromatic heterocycles. The summed E-state index contributed by atoms with van der Waals surface area (Å²) in [5, 5.41) is 3.34. The number of methoxy groups -OCH3 is 1. The van der Waals surface area contributed by atoms with Crippen LogP contribution in [0.5, 0.6) is 0 Å². The van der Waals surface area contributed by atoms with Crippen molar-refractivity contribution < 1.29 is 9.53 Å². The molecule has 1 heterocycles. The fourth-order valence-electron chi connectivity index (χ4n) is 2.67. The normalized spacial score (nSPS) is 23.9. The molecule has 0 aromatic rings. The van der Waals surface area contributed by atoms with Crippen molar-refractivity contribution in [3.63, 3.8) is 0 Å². The Morgan fingerprint density at radius 3 is 2.71 bits per heavy atom. The SMILES string of the molecule is CCCC1(C(=O)N(CC)CCOC)CCNC1. The maximum atomic E-state index is 12.6. The van der Waals surface area contributed by atoms with E-state index in [1.54, 1.807) is 7.11 Å². The summed E-state index contributed by atoms with van der Waals surface area (Å²) in [7, 11) is 1.68. The van der Waals surface area contributed by atoms with E-state index in [1.807, 2.05) is 11.8 Å². The van der Waals surface area contributed by atoms with Crippen LogP contribution in [0.1, 0.15) is 33.1 Å². The Morgan fingerprint density at radius 1 is 1.47 bits per heavy atom. The Morgan fingerprint density at radius 2 is 2.24 bits per heavy atom. The molecule has 1 N–H and O–H groups in total. The molecule has 0 saturated carbocycles. The van der Waals surface area contributed by atoms with Crippen molar-refractivity contribution in [2.75, 3.05) is 39.9 Å². The van der Waals surface area contributed by atoms with Crippen LogP contribution < -0.4 is 5.32 Å². The largest absolute Gasteiger partial charge is 0.383 e. The van der Waals surface area contributed by atoms with E-state index in [9.17, 15) is 4.79 Å². The number of carbonyl (C=O) groups is 1. The topological polar surface area (TPSA) is 41.6 Å². The van der Waals surface area contributed by atoms with Gasteiger partial charge in [-0.3, -0.25) is 4.79 Å². The van der Waals surface area contributed by atoms with Crippen molar-refractivity contribution in [3.05, 3.63) is 0 Å². The lowest BCUT2D eigenvalue weighted by Gasteiger charge is -2.33. The molecule has 0 spiro atoms. The molecule has 17 heavy (non-hydrogen) atoms. The quantitative estimate of drug-likeness (QED) is 0.731. The number of hydrogen-bond acceptors (Lipinski definition) is 3. The van der Waals surface area contributed by atoms with Gasteiger partial charge in [-0.25, -0.2) is 0 Å². The molecule has 1 unspecified atom stereocenters. The molecule has 1 aliphatic heterocycles. The molecule has 4 nitrogen and oxygen atoms in total. The van der Waals surface area contributed by atoms with Crippen LogP contribution in [0.25, 0.3) is 0 Å². The monoisotopic (exact) mass is 242 g/mol. The van der Waals surface area contributed by atoms with Crippen LogP contribution in [-0.2, 0) is 9.53 Å². The van der Waals surface area contributed by atoms with E-state index in [0.717, 1.165) is 38.9 Å². The van der Waals surface area contributed by atoms with Crippen molar-refractivity contribution in [1.82, 2.24) is 10.2 Å². The molecule has 0 radical (unpaired) electrons. The number of carbonyl (C=O) groups excluding carboxylic acids is 1. The first-order valence-electron chi connectivity index (χ1n) is 6.69. The van der Waals surface area contributed by atoms with Crippen LogP contribution in [0.15, 0.2) is 0 Å². The minimum atomic E-state index is -0.154. The van der Waals surface area contributed by atoms with Gasteiger partial charge in [-0.2, -0.15) is 0 Å². The summed E-state index contributed by atoms with van der Waals surface area (Å²) in [5.41, 5.74) is -0.154. The Labute approximate surface area is 105 Å². The third-order valence-corrected chi connectivity index (χ3v) is 3.66. The molecule has 100 valence electrons. The number of nitrogens with one attached hydrogen (secondary N) is 1. The van der Waals surface area contributed by atoms with E-state index in [1.165, 1.54) is 0 Å². The second-order valence-electron chi connectivity index (χ2n) is 4.83. The molecule has 1 rings (SSSR count). The van der Waals surface area contributed by atoms with Gasteiger partial charge in [0.25, 0.3) is 0 Å². The van der Waals surface area contributed by atoms with Crippen LogP contribution in [0, 0.1) is 5.41 Å². The highest BCUT2D eigenvalue weighted by atomic mass is 16.5. The summed E-state index contributed by atoms with van der Waals surface area (Å²) in [6.45, 7) is 8.09. The lowest BCUT2D eigenvalue weighted by Crippen LogP contribution is -2.46. The molecular weight excluding hydrogens is 216 g/mol. The molecule has 1 amide bonds. The zero-order chi connectivity index (χ0) is 12.7. The summed E-state index contributed by atoms with van der Waals surface area (Å²) in [5.74, 6) is 0.309. The molecule has 0 bridgehead atoms. The fourth-order valence-corrected chi connectivity index (χ4v) is 2.67. The van der Waals surface area contributed by atoms with Crippen LogP contribution in [0.3, 0.4) is 0 Å². The standard InChI is InChI=1S/C13H26N2O2/c1-4-6-13(7-8-14-11-13)12(16)15(5-2)9-10-17-3/h14H,4-11H2,1-3H3. The van der Waals surface area contributed by atoms with Crippen molar-refractivity contribution in [2.24, 2.45) is 5.41 Å². The minimum Gasteiger partial charge on any atom is -0.383 e. The van der Waals surface area contributed by atoms with Gasteiger partial charge in [0.1, 0.15) is 0 Å². The number of rotatable bonds is 7. The van der Waals surface area contributed by atoms with E-state index in [2.05, 4.69) is 12.2 Å². The molecule has 4 heteroatoms. The fraction of sp³-hybridized carbons (Fsp3) is 0.923. The van der Waals surface area contributed by atoms with Crippen molar-refractivity contribution in [3.8, 4) is 0 Å². The molecule has 0 aliphatic carbocycles. The predicted molar refractivity (Wildman–Crippen MR) is 69.0 cm³/mol. The molecule has 1 fully saturated rings. The van der Waals surface area contributed by atoms with Crippen molar-refractivity contribution in [1.29, 1.82) is 0 Å². The van der Waals surface area contributed by atoms with Gasteiger partial charge in [0.15, 0.2) is 0 Å². The van der Waals surface area contributed by atoms with Crippen molar-refractivity contribution in [2.45, 2.75) is 33.1 Å². The van der Waals surface area contributed by atoms with Crippen LogP contribution >= 0.6 is 0 Å². The van der Waals surface area contributed by atoms with Gasteiger partial charge >= 0.3 is 0 Å². The van der Waals surface area contributed by atoms with Gasteiger partial charge in [-0.15, -0.1) is 0 Å². The van der Waals surface area contributed by atoms with Crippen molar-refractivity contribution >= 4 is 5.91 Å². The predicted octanol–water partition coefficient (Wildman–Crippen LogP) is 1.26. The molecule has 1 atom stereocenters. The summed E-state index contributed by atoms with van der Waals surface area (Å²) < 4.78 is 5.07. The van der Waals surface area contributed by atoms with E-state index in [4.69, 9.17) is 4.74 Å². The number of ether oxygens (including phenoxy) is 1. The lowest BCUT2D eigenvalue weighted by atomic mass is 9.81. The first-order chi connectivity index (χ1) is 8.20. The number of nitrogens with zero attached hydrogens (tertiary/aromatic N) is 1. The van der Waals surface area contributed by atoms with E-state index < -0.39 is 0 Å². The second kappa shape index (κ2) is 6.97. The average Bonchev–Trinajstić information content (AvgIpc) is 2.80. The second-order valence-corrected chi connectivity index (χ2v) is 4.83. The Bertz CT molecular complexity index is 238. The molecular formula is C13H26N2O2. The van der Waals surface area contributed by atoms with Crippen LogP contribution in [0.2, 0.25) is 0 Å². The number of hydrogen-bond donors (Lipinski definition) is 1. The van der Waals surface area contributed by atoms with E-state index >= 15 is 0 Å². The maximum Gasteiger partial charge on any atom is 0.230 e. The smallest absolute Gasteiger partial charge is 0.230 e. The van der Waals surface area contributed by atoms with E-state index in [-0.39, 0.29) is 5.41 Å². The van der Waals surface area contributed by atoms with Gasteiger partial charge < -0.3 is 15.0 Å². The minimum absolute atomic E-state index is 0.154. The zero-order valence-electron chi connectivity index (χ0n) is 11.4. The Kier molecular flexibility index (Phi) is 5.92. The van der Waals surface area contributed by atoms with E-state index in [0.29, 0.717) is 19.1 Å². The summed E-state index contributed by atoms with van der Waals surface area (Å²) >= 11 is 0. The Hall–Kier alpha value is -0.610. The Balaban J connectivity index is 2.68. The first-order valence-corrected chi connectivity index (χ1v) is 6.69. The molecule has 1 aliphatic rings. The number of amides is 1. The van der Waals surface area contributed by atoms with Crippen LogP contribution in [0.4, 0.5) is 0 Å². The third kappa shape index (κ3) is 3.42. The van der Waals surface area contributed by atoms with Gasteiger partial charge in [0, 0.05) is 26.7 Å². The van der Waals surface area contributed by atoms with Gasteiger partial charge in [0.2, 0.25) is 5.91 Å². The van der Waals surface area contributed by atoms with Gasteiger partial charge in [-0.1, -0.05) is 13.3 Å². The highest BCUT2D eigenvalue weighted by molar-refractivity contribution is 5.83. The van der Waals surface area contributed by atoms with Crippen LogP contribution in [-0.4, -0.2) is 50.7 Å². The summed E-state index contributed by atoms with van der Waals surface area (Å²) in [6, 6.07) is 0. The maximum absolute atomic E-state index is 12.6.